The molecule has 0 spiro atoms. The molecule has 0 heterocycles. The summed E-state index contributed by atoms with van der Waals surface area (Å²) in [5, 5.41) is 9.36. The summed E-state index contributed by atoms with van der Waals surface area (Å²) < 4.78 is 29.5. The Hall–Kier alpha value is -1.69. The van der Waals surface area contributed by atoms with Gasteiger partial charge in [0.15, 0.2) is 0 Å². The molecule has 4 nitrogen and oxygen atoms in total. The van der Waals surface area contributed by atoms with E-state index in [1.165, 1.54) is 6.07 Å². The number of aliphatic carboxylic acids is 1. The molecule has 0 radical (unpaired) electrons. The van der Waals surface area contributed by atoms with Crippen LogP contribution in [-0.4, -0.2) is 34.7 Å². The molecule has 21 heavy (non-hydrogen) atoms. The van der Waals surface area contributed by atoms with Gasteiger partial charge in [-0.1, -0.05) is 25.1 Å². The van der Waals surface area contributed by atoms with Gasteiger partial charge >= 0.3 is 12.6 Å². The summed E-state index contributed by atoms with van der Waals surface area (Å²) in [5.74, 6) is -0.900. The van der Waals surface area contributed by atoms with Gasteiger partial charge in [0.2, 0.25) is 0 Å². The van der Waals surface area contributed by atoms with Crippen molar-refractivity contribution in [3.8, 4) is 5.75 Å². The average Bonchev–Trinajstić information content (AvgIpc) is 2.38. The molecule has 1 N–H and O–H groups in total. The Balaban J connectivity index is 3.17. The summed E-state index contributed by atoms with van der Waals surface area (Å²) in [6.45, 7) is 4.34. The normalized spacial score (nSPS) is 13.5. The van der Waals surface area contributed by atoms with Gasteiger partial charge < -0.3 is 9.84 Å². The minimum absolute atomic E-state index is 0.0691. The van der Waals surface area contributed by atoms with Crippen molar-refractivity contribution in [1.29, 1.82) is 0 Å². The number of hydrogen-bond acceptors (Lipinski definition) is 3. The molecule has 118 valence electrons. The number of carbonyl (C=O) groups is 1. The number of likely N-dealkylation sites (N-methyl/N-ethyl adjacent to an activating group) is 1. The van der Waals surface area contributed by atoms with Crippen molar-refractivity contribution < 1.29 is 23.4 Å². The predicted octanol–water partition coefficient (Wildman–Crippen LogP) is 3.53. The lowest BCUT2D eigenvalue weighted by Crippen LogP contribution is -2.51. The molecule has 1 unspecified atom stereocenters. The summed E-state index contributed by atoms with van der Waals surface area (Å²) in [6.07, 6.45) is 0. The van der Waals surface area contributed by atoms with Crippen LogP contribution in [0.25, 0.3) is 0 Å². The Morgan fingerprint density at radius 3 is 2.43 bits per heavy atom. The fourth-order valence-corrected chi connectivity index (χ4v) is 2.47. The zero-order valence-corrected chi connectivity index (χ0v) is 12.6. The first-order valence-electron chi connectivity index (χ1n) is 6.75. The monoisotopic (exact) mass is 301 g/mol. The van der Waals surface area contributed by atoms with E-state index in [0.717, 1.165) is 0 Å². The number of nitrogens with zero attached hydrogens (tertiary/aromatic N) is 1. The van der Waals surface area contributed by atoms with Gasteiger partial charge in [0.25, 0.3) is 0 Å². The minimum Gasteiger partial charge on any atom is -0.480 e. The average molecular weight is 301 g/mol. The largest absolute Gasteiger partial charge is 0.480 e. The van der Waals surface area contributed by atoms with E-state index in [2.05, 4.69) is 4.74 Å². The van der Waals surface area contributed by atoms with Crippen LogP contribution >= 0.6 is 0 Å². The fraction of sp³-hybridized carbons (Fsp3) is 0.533. The van der Waals surface area contributed by atoms with E-state index >= 15 is 0 Å². The Labute approximate surface area is 123 Å². The maximum Gasteiger partial charge on any atom is 0.387 e. The standard InChI is InChI=1S/C15H21F2NO3/c1-5-18(15(3,4)13(19)20)10(2)11-8-6-7-9-12(11)21-14(16)17/h6-10,14H,5H2,1-4H3,(H,19,20). The number of halogens is 2. The van der Waals surface area contributed by atoms with Crippen LogP contribution in [-0.2, 0) is 4.79 Å². The molecule has 0 saturated carbocycles. The van der Waals surface area contributed by atoms with Crippen molar-refractivity contribution in [2.45, 2.75) is 45.9 Å². The van der Waals surface area contributed by atoms with Gasteiger partial charge in [0.1, 0.15) is 11.3 Å². The molecule has 0 fully saturated rings. The predicted molar refractivity (Wildman–Crippen MR) is 75.6 cm³/mol. The van der Waals surface area contributed by atoms with Gasteiger partial charge in [-0.3, -0.25) is 9.69 Å². The van der Waals surface area contributed by atoms with Crippen molar-refractivity contribution in [1.82, 2.24) is 4.90 Å². The zero-order chi connectivity index (χ0) is 16.2. The van der Waals surface area contributed by atoms with Crippen molar-refractivity contribution in [2.24, 2.45) is 0 Å². The van der Waals surface area contributed by atoms with Gasteiger partial charge in [-0.15, -0.1) is 0 Å². The van der Waals surface area contributed by atoms with Gasteiger partial charge in [-0.2, -0.15) is 8.78 Å². The number of para-hydroxylation sites is 1. The van der Waals surface area contributed by atoms with Crippen LogP contribution in [0.5, 0.6) is 5.75 Å². The lowest BCUT2D eigenvalue weighted by Gasteiger charge is -2.39. The Morgan fingerprint density at radius 2 is 1.95 bits per heavy atom. The van der Waals surface area contributed by atoms with Crippen LogP contribution in [0.4, 0.5) is 8.78 Å². The lowest BCUT2D eigenvalue weighted by molar-refractivity contribution is -0.151. The number of ether oxygens (including phenoxy) is 1. The molecule has 0 aliphatic rings. The molecule has 1 aromatic rings. The number of rotatable bonds is 7. The topological polar surface area (TPSA) is 49.8 Å². The molecule has 1 rings (SSSR count). The summed E-state index contributed by atoms with van der Waals surface area (Å²) in [7, 11) is 0. The highest BCUT2D eigenvalue weighted by Crippen LogP contribution is 2.34. The van der Waals surface area contributed by atoms with E-state index < -0.39 is 18.1 Å². The molecule has 0 saturated heterocycles. The lowest BCUT2D eigenvalue weighted by atomic mass is 9.96. The second-order valence-electron chi connectivity index (χ2n) is 5.24. The third-order valence-electron chi connectivity index (χ3n) is 3.63. The Bertz CT molecular complexity index is 492. The first kappa shape index (κ1) is 17.4. The highest BCUT2D eigenvalue weighted by molar-refractivity contribution is 5.77. The minimum atomic E-state index is -2.92. The van der Waals surface area contributed by atoms with E-state index in [4.69, 9.17) is 0 Å². The first-order chi connectivity index (χ1) is 9.71. The third kappa shape index (κ3) is 3.91. The summed E-state index contributed by atoms with van der Waals surface area (Å²) in [5.41, 5.74) is -0.583. The Morgan fingerprint density at radius 1 is 1.38 bits per heavy atom. The summed E-state index contributed by atoms with van der Waals surface area (Å²) in [4.78, 5) is 13.2. The van der Waals surface area contributed by atoms with E-state index in [1.54, 1.807) is 43.9 Å². The third-order valence-corrected chi connectivity index (χ3v) is 3.63. The maximum atomic E-state index is 12.5. The van der Waals surface area contributed by atoms with E-state index in [-0.39, 0.29) is 11.8 Å². The number of carboxylic acids is 1. The smallest absolute Gasteiger partial charge is 0.387 e. The Kier molecular flexibility index (Phi) is 5.66. The van der Waals surface area contributed by atoms with Crippen LogP contribution < -0.4 is 4.74 Å². The molecule has 0 bridgehead atoms. The molecule has 0 aliphatic heterocycles. The molecule has 0 aliphatic carbocycles. The SMILES string of the molecule is CCN(C(C)c1ccccc1OC(F)F)C(C)(C)C(=O)O. The quantitative estimate of drug-likeness (QED) is 0.837. The van der Waals surface area contributed by atoms with Gasteiger partial charge in [0.05, 0.1) is 0 Å². The number of hydrogen-bond donors (Lipinski definition) is 1. The van der Waals surface area contributed by atoms with Crippen molar-refractivity contribution >= 4 is 5.97 Å². The number of benzene rings is 1. The molecular formula is C15H21F2NO3. The summed E-state index contributed by atoms with van der Waals surface area (Å²) in [6, 6.07) is 6.07. The van der Waals surface area contributed by atoms with Crippen molar-refractivity contribution in [3.63, 3.8) is 0 Å². The van der Waals surface area contributed by atoms with Crippen LogP contribution in [0, 0.1) is 0 Å². The second kappa shape index (κ2) is 6.85. The van der Waals surface area contributed by atoms with Crippen LogP contribution in [0.2, 0.25) is 0 Å². The molecule has 1 aromatic carbocycles. The highest BCUT2D eigenvalue weighted by atomic mass is 19.3. The van der Waals surface area contributed by atoms with Gasteiger partial charge in [0, 0.05) is 11.6 Å². The van der Waals surface area contributed by atoms with Crippen LogP contribution in [0.1, 0.15) is 39.3 Å². The number of alkyl halides is 2. The zero-order valence-electron chi connectivity index (χ0n) is 12.6. The molecule has 0 amide bonds. The van der Waals surface area contributed by atoms with Crippen LogP contribution in [0.15, 0.2) is 24.3 Å². The van der Waals surface area contributed by atoms with Gasteiger partial charge in [-0.05, 0) is 33.4 Å². The van der Waals surface area contributed by atoms with Crippen molar-refractivity contribution in [2.75, 3.05) is 6.54 Å². The van der Waals surface area contributed by atoms with Gasteiger partial charge in [-0.25, -0.2) is 0 Å². The summed E-state index contributed by atoms with van der Waals surface area (Å²) >= 11 is 0. The van der Waals surface area contributed by atoms with Crippen molar-refractivity contribution in [3.05, 3.63) is 29.8 Å². The number of carboxylic acid groups (broad SMARTS) is 1. The first-order valence-corrected chi connectivity index (χ1v) is 6.75. The van der Waals surface area contributed by atoms with Crippen LogP contribution in [0.3, 0.4) is 0 Å². The molecule has 0 aromatic heterocycles. The molecular weight excluding hydrogens is 280 g/mol. The maximum absolute atomic E-state index is 12.5. The second-order valence-corrected chi connectivity index (χ2v) is 5.24. The van der Waals surface area contributed by atoms with E-state index in [1.807, 2.05) is 6.92 Å². The van der Waals surface area contributed by atoms with E-state index in [0.29, 0.717) is 12.1 Å². The van der Waals surface area contributed by atoms with E-state index in [9.17, 15) is 18.7 Å². The molecule has 1 atom stereocenters. The highest BCUT2D eigenvalue weighted by Gasteiger charge is 2.37. The fourth-order valence-electron chi connectivity index (χ4n) is 2.47. The molecule has 6 heteroatoms.